The van der Waals surface area contributed by atoms with E-state index < -0.39 is 0 Å². The molecule has 0 radical (unpaired) electrons. The molecule has 2 atom stereocenters. The van der Waals surface area contributed by atoms with E-state index in [2.05, 4.69) is 5.32 Å². The van der Waals surface area contributed by atoms with E-state index in [4.69, 9.17) is 19.9 Å². The van der Waals surface area contributed by atoms with E-state index >= 15 is 0 Å². The van der Waals surface area contributed by atoms with Gasteiger partial charge < -0.3 is 25.3 Å². The van der Waals surface area contributed by atoms with Crippen molar-refractivity contribution in [3.8, 4) is 11.5 Å². The number of ether oxygens (including phenoxy) is 3. The van der Waals surface area contributed by atoms with Gasteiger partial charge in [-0.2, -0.15) is 0 Å². The minimum atomic E-state index is -0.343. The Balaban J connectivity index is 1.93. The summed E-state index contributed by atoms with van der Waals surface area (Å²) in [5, 5.41) is 2.95. The number of amides is 1. The summed E-state index contributed by atoms with van der Waals surface area (Å²) in [5.74, 6) is 0.999. The number of carbonyl (C=O) groups excluding carboxylic acids is 2. The molecular weight excluding hydrogens is 312 g/mol. The summed E-state index contributed by atoms with van der Waals surface area (Å²) in [6.07, 6.45) is 3.14. The lowest BCUT2D eigenvalue weighted by Crippen LogP contribution is -2.40. The zero-order chi connectivity index (χ0) is 17.1. The van der Waals surface area contributed by atoms with Gasteiger partial charge in [0.05, 0.1) is 18.3 Å². The molecule has 3 N–H and O–H groups in total. The Morgan fingerprint density at radius 2 is 2.17 bits per heavy atom. The maximum absolute atomic E-state index is 12.2. The molecule has 7 heteroatoms. The first kappa shape index (κ1) is 16.2. The molecule has 1 amide bonds. The summed E-state index contributed by atoms with van der Waals surface area (Å²) in [7, 11) is 0. The Hall–Kier alpha value is -2.70. The van der Waals surface area contributed by atoms with Crippen molar-refractivity contribution in [2.75, 3.05) is 13.4 Å². The number of hydrogen-bond acceptors (Lipinski definition) is 6. The third kappa shape index (κ3) is 3.02. The van der Waals surface area contributed by atoms with Crippen LogP contribution in [-0.4, -0.2) is 25.8 Å². The first-order valence-electron chi connectivity index (χ1n) is 7.84. The number of rotatable bonds is 5. The van der Waals surface area contributed by atoms with Gasteiger partial charge in [0.25, 0.3) is 12.4 Å². The molecule has 0 saturated heterocycles. The monoisotopic (exact) mass is 332 g/mol. The molecule has 128 valence electrons. The highest BCUT2D eigenvalue weighted by atomic mass is 16.7. The molecular formula is C17H20N2O5. The Morgan fingerprint density at radius 3 is 2.88 bits per heavy atom. The van der Waals surface area contributed by atoms with E-state index in [1.165, 1.54) is 0 Å². The smallest absolute Gasteiger partial charge is 0.293 e. The Kier molecular flexibility index (Phi) is 4.59. The standard InChI is InChI=1S/C17H20N2O5/c1-2-13(18)17(21)19-16-11(7-22-8-20)4-3-10-5-14-15(6-12(10)16)24-9-23-14/h2,5-6,8,11,16H,3-4,7,9,18H2,1H3,(H,19,21)/b13-2-. The number of nitrogens with one attached hydrogen (secondary N) is 1. The average molecular weight is 332 g/mol. The van der Waals surface area contributed by atoms with Crippen LogP contribution in [-0.2, 0) is 20.7 Å². The van der Waals surface area contributed by atoms with E-state index in [9.17, 15) is 9.59 Å². The zero-order valence-corrected chi connectivity index (χ0v) is 13.4. The van der Waals surface area contributed by atoms with E-state index in [1.807, 2.05) is 12.1 Å². The number of fused-ring (bicyclic) bond motifs is 2. The van der Waals surface area contributed by atoms with Crippen LogP contribution < -0.4 is 20.5 Å². The maximum Gasteiger partial charge on any atom is 0.293 e. The fraction of sp³-hybridized carbons (Fsp3) is 0.412. The third-order valence-corrected chi connectivity index (χ3v) is 4.46. The lowest BCUT2D eigenvalue weighted by Gasteiger charge is -2.33. The molecule has 1 heterocycles. The van der Waals surface area contributed by atoms with Crippen LogP contribution in [0.3, 0.4) is 0 Å². The van der Waals surface area contributed by atoms with Crippen molar-refractivity contribution in [3.63, 3.8) is 0 Å². The normalized spacial score (nSPS) is 21.8. The molecule has 0 saturated carbocycles. The first-order chi connectivity index (χ1) is 11.6. The number of allylic oxidation sites excluding steroid dienone is 1. The van der Waals surface area contributed by atoms with Gasteiger partial charge in [-0.1, -0.05) is 6.08 Å². The molecule has 2 unspecified atom stereocenters. The summed E-state index contributed by atoms with van der Waals surface area (Å²) in [6, 6.07) is 3.53. The Morgan fingerprint density at radius 1 is 1.42 bits per heavy atom. The van der Waals surface area contributed by atoms with Crippen molar-refractivity contribution < 1.29 is 23.8 Å². The van der Waals surface area contributed by atoms with Crippen LogP contribution in [0, 0.1) is 5.92 Å². The molecule has 1 aromatic rings. The molecule has 0 bridgehead atoms. The van der Waals surface area contributed by atoms with Gasteiger partial charge in [0.15, 0.2) is 11.5 Å². The molecule has 1 aromatic carbocycles. The second-order valence-corrected chi connectivity index (χ2v) is 5.83. The van der Waals surface area contributed by atoms with Gasteiger partial charge in [0.2, 0.25) is 6.79 Å². The largest absolute Gasteiger partial charge is 0.468 e. The molecule has 24 heavy (non-hydrogen) atoms. The minimum Gasteiger partial charge on any atom is -0.468 e. The highest BCUT2D eigenvalue weighted by Crippen LogP contribution is 2.42. The number of hydrogen-bond donors (Lipinski definition) is 2. The van der Waals surface area contributed by atoms with Crippen LogP contribution >= 0.6 is 0 Å². The number of aryl methyl sites for hydroxylation is 1. The van der Waals surface area contributed by atoms with Crippen LogP contribution in [0.1, 0.15) is 30.5 Å². The topological polar surface area (TPSA) is 99.9 Å². The quantitative estimate of drug-likeness (QED) is 0.620. The number of nitrogens with two attached hydrogens (primary N) is 1. The average Bonchev–Trinajstić information content (AvgIpc) is 3.05. The first-order valence-corrected chi connectivity index (χ1v) is 7.84. The number of carbonyl (C=O) groups is 2. The molecule has 7 nitrogen and oxygen atoms in total. The van der Waals surface area contributed by atoms with Gasteiger partial charge in [-0.25, -0.2) is 0 Å². The maximum atomic E-state index is 12.2. The molecule has 3 rings (SSSR count). The summed E-state index contributed by atoms with van der Waals surface area (Å²) >= 11 is 0. The van der Waals surface area contributed by atoms with E-state index in [0.717, 1.165) is 29.7 Å². The molecule has 1 aliphatic heterocycles. The summed E-state index contributed by atoms with van der Waals surface area (Å²) in [4.78, 5) is 22.8. The van der Waals surface area contributed by atoms with Gasteiger partial charge in [0, 0.05) is 5.92 Å². The van der Waals surface area contributed by atoms with E-state index in [0.29, 0.717) is 12.2 Å². The van der Waals surface area contributed by atoms with Crippen LogP contribution in [0.25, 0.3) is 0 Å². The van der Waals surface area contributed by atoms with Crippen molar-refractivity contribution in [1.29, 1.82) is 0 Å². The van der Waals surface area contributed by atoms with Crippen LogP contribution in [0.2, 0.25) is 0 Å². The van der Waals surface area contributed by atoms with Crippen LogP contribution in [0.5, 0.6) is 11.5 Å². The fourth-order valence-electron chi connectivity index (χ4n) is 3.16. The van der Waals surface area contributed by atoms with Crippen molar-refractivity contribution in [2.24, 2.45) is 11.7 Å². The zero-order valence-electron chi connectivity index (χ0n) is 13.4. The highest BCUT2D eigenvalue weighted by molar-refractivity contribution is 5.92. The molecule has 1 aliphatic carbocycles. The lowest BCUT2D eigenvalue weighted by molar-refractivity contribution is -0.130. The third-order valence-electron chi connectivity index (χ3n) is 4.46. The molecule has 0 fully saturated rings. The molecule has 0 aromatic heterocycles. The predicted molar refractivity (Wildman–Crippen MR) is 85.2 cm³/mol. The predicted octanol–water partition coefficient (Wildman–Crippen LogP) is 1.17. The summed E-state index contributed by atoms with van der Waals surface area (Å²) < 4.78 is 15.8. The summed E-state index contributed by atoms with van der Waals surface area (Å²) in [6.45, 7) is 2.56. The Labute approximate surface area is 139 Å². The minimum absolute atomic E-state index is 0.0309. The van der Waals surface area contributed by atoms with Crippen molar-refractivity contribution in [2.45, 2.75) is 25.8 Å². The second-order valence-electron chi connectivity index (χ2n) is 5.83. The van der Waals surface area contributed by atoms with Gasteiger partial charge in [-0.3, -0.25) is 9.59 Å². The van der Waals surface area contributed by atoms with E-state index in [-0.39, 0.29) is 37.0 Å². The van der Waals surface area contributed by atoms with Crippen molar-refractivity contribution in [1.82, 2.24) is 5.32 Å². The fourth-order valence-corrected chi connectivity index (χ4v) is 3.16. The van der Waals surface area contributed by atoms with Crippen LogP contribution in [0.4, 0.5) is 0 Å². The van der Waals surface area contributed by atoms with Gasteiger partial charge in [-0.15, -0.1) is 0 Å². The van der Waals surface area contributed by atoms with Crippen molar-refractivity contribution >= 4 is 12.4 Å². The number of benzene rings is 1. The van der Waals surface area contributed by atoms with Crippen LogP contribution in [0.15, 0.2) is 23.9 Å². The molecule has 0 spiro atoms. The van der Waals surface area contributed by atoms with Gasteiger partial charge >= 0.3 is 0 Å². The van der Waals surface area contributed by atoms with Gasteiger partial charge in [0.1, 0.15) is 0 Å². The Bertz CT molecular complexity index is 686. The highest BCUT2D eigenvalue weighted by Gasteiger charge is 2.33. The summed E-state index contributed by atoms with van der Waals surface area (Å²) in [5.41, 5.74) is 7.89. The second kappa shape index (κ2) is 6.82. The SMILES string of the molecule is C/C=C(\N)C(=O)NC1c2cc3c(cc2CCC1COC=O)OCO3. The van der Waals surface area contributed by atoms with Crippen molar-refractivity contribution in [3.05, 3.63) is 35.0 Å². The van der Waals surface area contributed by atoms with Gasteiger partial charge in [-0.05, 0) is 43.0 Å². The molecule has 2 aliphatic rings. The lowest BCUT2D eigenvalue weighted by atomic mass is 9.79. The van der Waals surface area contributed by atoms with E-state index in [1.54, 1.807) is 13.0 Å².